The Bertz CT molecular complexity index is 1310. The van der Waals surface area contributed by atoms with Gasteiger partial charge in [-0.15, -0.1) is 5.10 Å². The number of hydrogen-bond donors (Lipinski definition) is 0. The van der Waals surface area contributed by atoms with Crippen molar-refractivity contribution in [2.24, 2.45) is 15.6 Å². The minimum absolute atomic E-state index is 0.270. The maximum Gasteiger partial charge on any atom is 0.339 e. The van der Waals surface area contributed by atoms with E-state index in [1.54, 1.807) is 19.2 Å². The van der Waals surface area contributed by atoms with Crippen LogP contribution in [-0.2, 0) is 11.2 Å². The molecule has 1 saturated heterocycles. The topological polar surface area (TPSA) is 70.4 Å². The summed E-state index contributed by atoms with van der Waals surface area (Å²) < 4.78 is 32.8. The van der Waals surface area contributed by atoms with Crippen molar-refractivity contribution >= 4 is 23.3 Å². The van der Waals surface area contributed by atoms with Gasteiger partial charge in [-0.1, -0.05) is 24.3 Å². The lowest BCUT2D eigenvalue weighted by molar-refractivity contribution is 0.0526. The zero-order valence-corrected chi connectivity index (χ0v) is 21.0. The highest BCUT2D eigenvalue weighted by molar-refractivity contribution is 6.11. The number of allylic oxidation sites excluding steroid dienone is 3. The van der Waals surface area contributed by atoms with Gasteiger partial charge >= 0.3 is 5.97 Å². The van der Waals surface area contributed by atoms with Crippen LogP contribution in [0.3, 0.4) is 0 Å². The van der Waals surface area contributed by atoms with Gasteiger partial charge in [0, 0.05) is 55.9 Å². The highest BCUT2D eigenvalue weighted by atomic mass is 19.1. The summed E-state index contributed by atoms with van der Waals surface area (Å²) >= 11 is 0. The van der Waals surface area contributed by atoms with Crippen LogP contribution in [0.2, 0.25) is 0 Å². The molecule has 1 fully saturated rings. The number of nitrogens with zero attached hydrogens (tertiary/aromatic N) is 5. The monoisotopic (exact) mass is 505 g/mol. The van der Waals surface area contributed by atoms with Crippen LogP contribution >= 0.6 is 0 Å². The van der Waals surface area contributed by atoms with Crippen molar-refractivity contribution in [2.45, 2.75) is 26.7 Å². The highest BCUT2D eigenvalue weighted by Gasteiger charge is 2.42. The number of benzene rings is 1. The molecule has 1 atom stereocenters. The summed E-state index contributed by atoms with van der Waals surface area (Å²) in [4.78, 5) is 20.8. The summed E-state index contributed by atoms with van der Waals surface area (Å²) in [7, 11) is 0. The van der Waals surface area contributed by atoms with Crippen LogP contribution in [0.5, 0.6) is 0 Å². The van der Waals surface area contributed by atoms with Gasteiger partial charge in [0.05, 0.1) is 17.9 Å². The van der Waals surface area contributed by atoms with Crippen LogP contribution in [0.15, 0.2) is 70.5 Å². The molecule has 0 N–H and O–H groups in total. The van der Waals surface area contributed by atoms with Crippen molar-refractivity contribution in [3.05, 3.63) is 83.1 Å². The van der Waals surface area contributed by atoms with E-state index in [0.717, 1.165) is 61.6 Å². The van der Waals surface area contributed by atoms with Crippen molar-refractivity contribution in [1.29, 1.82) is 0 Å². The SMILES string of the molecule is CCOC(=O)c1ccc(N2CCN(C3=NN=C(Cc4ccc(F)cc4F)C4(C)CC=CC=C34)CC2)nc1. The molecule has 3 heterocycles. The molecule has 0 amide bonds. The second kappa shape index (κ2) is 10.2. The maximum absolute atomic E-state index is 14.4. The molecule has 0 bridgehead atoms. The quantitative estimate of drug-likeness (QED) is 0.557. The van der Waals surface area contributed by atoms with E-state index in [2.05, 4.69) is 44.1 Å². The van der Waals surface area contributed by atoms with Gasteiger partial charge in [-0.25, -0.2) is 18.6 Å². The number of carbonyl (C=O) groups excluding carboxylic acids is 1. The zero-order valence-electron chi connectivity index (χ0n) is 21.0. The Morgan fingerprint density at radius 1 is 1.08 bits per heavy atom. The minimum Gasteiger partial charge on any atom is -0.462 e. The fourth-order valence-corrected chi connectivity index (χ4v) is 4.99. The summed E-state index contributed by atoms with van der Waals surface area (Å²) in [5.74, 6) is 0.105. The first-order valence-electron chi connectivity index (χ1n) is 12.5. The number of pyridine rings is 1. The second-order valence-electron chi connectivity index (χ2n) is 9.53. The first-order valence-corrected chi connectivity index (χ1v) is 12.5. The van der Waals surface area contributed by atoms with Gasteiger partial charge in [0.15, 0.2) is 5.84 Å². The number of ether oxygens (including phenoxy) is 1. The average Bonchev–Trinajstić information content (AvgIpc) is 2.91. The zero-order chi connectivity index (χ0) is 26.0. The molecule has 1 aromatic heterocycles. The second-order valence-corrected chi connectivity index (χ2v) is 9.53. The number of hydrogen-bond acceptors (Lipinski definition) is 7. The van der Waals surface area contributed by atoms with E-state index in [1.165, 1.54) is 12.1 Å². The molecule has 3 aliphatic rings. The Labute approximate surface area is 214 Å². The molecule has 0 radical (unpaired) electrons. The number of fused-ring (bicyclic) bond motifs is 1. The molecule has 5 rings (SSSR count). The number of carbonyl (C=O) groups is 1. The summed E-state index contributed by atoms with van der Waals surface area (Å²) in [6, 6.07) is 7.24. The summed E-state index contributed by atoms with van der Waals surface area (Å²) in [5.41, 5.74) is 2.25. The van der Waals surface area contributed by atoms with E-state index in [-0.39, 0.29) is 12.4 Å². The van der Waals surface area contributed by atoms with Crippen LogP contribution in [0.1, 0.15) is 36.2 Å². The van der Waals surface area contributed by atoms with Crippen LogP contribution in [0, 0.1) is 17.0 Å². The molecular weight excluding hydrogens is 476 g/mol. The molecule has 9 heteroatoms. The number of piperazine rings is 1. The smallest absolute Gasteiger partial charge is 0.339 e. The molecule has 37 heavy (non-hydrogen) atoms. The van der Waals surface area contributed by atoms with Gasteiger partial charge in [0.2, 0.25) is 0 Å². The summed E-state index contributed by atoms with van der Waals surface area (Å²) in [5, 5.41) is 9.18. The standard InChI is InChI=1S/C28H29F2N5O2/c1-3-37-27(36)20-8-10-25(31-18-20)34-12-14-35(15-13-34)26-22-6-4-5-11-28(22,2)24(32-33-26)16-19-7-9-21(29)17-23(19)30/h4-10,17-18H,3,11-16H2,1-2H3. The number of amidine groups is 1. The predicted molar refractivity (Wildman–Crippen MR) is 139 cm³/mol. The lowest BCUT2D eigenvalue weighted by Crippen LogP contribution is -2.52. The van der Waals surface area contributed by atoms with Gasteiger partial charge in [-0.05, 0) is 44.0 Å². The first-order chi connectivity index (χ1) is 17.9. The van der Waals surface area contributed by atoms with Crippen molar-refractivity contribution in [3.63, 3.8) is 0 Å². The molecule has 192 valence electrons. The number of anilines is 1. The van der Waals surface area contributed by atoms with E-state index in [4.69, 9.17) is 4.74 Å². The van der Waals surface area contributed by atoms with Crippen molar-refractivity contribution < 1.29 is 18.3 Å². The summed E-state index contributed by atoms with van der Waals surface area (Å²) in [6.45, 7) is 7.15. The van der Waals surface area contributed by atoms with Crippen LogP contribution in [0.4, 0.5) is 14.6 Å². The fourth-order valence-electron chi connectivity index (χ4n) is 4.99. The molecule has 2 aliphatic heterocycles. The van der Waals surface area contributed by atoms with E-state index < -0.39 is 17.0 Å². The van der Waals surface area contributed by atoms with Crippen LogP contribution < -0.4 is 4.90 Å². The lowest BCUT2D eigenvalue weighted by Gasteiger charge is -2.43. The van der Waals surface area contributed by atoms with Gasteiger partial charge in [0.25, 0.3) is 0 Å². The third kappa shape index (κ3) is 4.90. The molecule has 2 aromatic rings. The fraction of sp³-hybridized carbons (Fsp3) is 0.357. The van der Waals surface area contributed by atoms with Gasteiger partial charge in [-0.3, -0.25) is 0 Å². The molecule has 0 saturated carbocycles. The van der Waals surface area contributed by atoms with E-state index >= 15 is 0 Å². The van der Waals surface area contributed by atoms with Gasteiger partial charge in [0.1, 0.15) is 17.5 Å². The molecule has 1 aromatic carbocycles. The Kier molecular flexibility index (Phi) is 6.86. The first kappa shape index (κ1) is 24.8. The lowest BCUT2D eigenvalue weighted by atomic mass is 9.70. The largest absolute Gasteiger partial charge is 0.462 e. The number of rotatable bonds is 5. The predicted octanol–water partition coefficient (Wildman–Crippen LogP) is 4.56. The molecule has 7 nitrogen and oxygen atoms in total. The molecular formula is C28H29F2N5O2. The van der Waals surface area contributed by atoms with Crippen LogP contribution in [-0.4, -0.2) is 60.2 Å². The van der Waals surface area contributed by atoms with Crippen LogP contribution in [0.25, 0.3) is 0 Å². The van der Waals surface area contributed by atoms with Crippen molar-refractivity contribution in [3.8, 4) is 0 Å². The Morgan fingerprint density at radius 3 is 2.57 bits per heavy atom. The Morgan fingerprint density at radius 2 is 1.86 bits per heavy atom. The van der Waals surface area contributed by atoms with Crippen molar-refractivity contribution in [1.82, 2.24) is 9.88 Å². The number of halogens is 2. The normalized spacial score (nSPS) is 21.1. The van der Waals surface area contributed by atoms with E-state index in [1.807, 2.05) is 12.1 Å². The van der Waals surface area contributed by atoms with E-state index in [9.17, 15) is 13.6 Å². The Balaban J connectivity index is 1.32. The Hall–Kier alpha value is -3.88. The van der Waals surface area contributed by atoms with Crippen molar-refractivity contribution in [2.75, 3.05) is 37.7 Å². The summed E-state index contributed by atoms with van der Waals surface area (Å²) in [6.07, 6.45) is 8.74. The minimum atomic E-state index is -0.594. The van der Waals surface area contributed by atoms with E-state index in [0.29, 0.717) is 17.7 Å². The van der Waals surface area contributed by atoms with Gasteiger partial charge < -0.3 is 14.5 Å². The maximum atomic E-state index is 14.4. The molecule has 0 spiro atoms. The number of aromatic nitrogens is 1. The third-order valence-corrected chi connectivity index (χ3v) is 7.20. The third-order valence-electron chi connectivity index (χ3n) is 7.20. The van der Waals surface area contributed by atoms with Gasteiger partial charge in [-0.2, -0.15) is 5.10 Å². The average molecular weight is 506 g/mol. The molecule has 1 aliphatic carbocycles. The molecule has 1 unspecified atom stereocenters. The highest BCUT2D eigenvalue weighted by Crippen LogP contribution is 2.41. The number of esters is 1.